The highest BCUT2D eigenvalue weighted by Crippen LogP contribution is 2.59. The Balaban J connectivity index is 1.50. The molecule has 132 valence electrons. The van der Waals surface area contributed by atoms with Gasteiger partial charge in [0.1, 0.15) is 23.9 Å². The van der Waals surface area contributed by atoms with Gasteiger partial charge >= 0.3 is 6.18 Å². The number of hydrogen-bond acceptors (Lipinski definition) is 6. The molecule has 2 aliphatic rings. The Labute approximate surface area is 144 Å². The van der Waals surface area contributed by atoms with Gasteiger partial charge in [-0.25, -0.2) is 9.97 Å². The molecule has 0 radical (unpaired) electrons. The standard InChI is InChI=1S/C16H11F3N6O/c17-16(18,19)11-1-10(24-26-11)15-2-9(15)5-25(6-15)14-12-8(3-20)4-21-13(12)22-7-23-14/h1,4,7,9H,2,5-6H2,(H,21,22,23). The number of piperidine rings is 1. The van der Waals surface area contributed by atoms with Crippen molar-refractivity contribution in [3.63, 3.8) is 0 Å². The van der Waals surface area contributed by atoms with E-state index >= 15 is 0 Å². The number of rotatable bonds is 2. The molecule has 3 aromatic rings. The average Bonchev–Trinajstić information content (AvgIpc) is 3.08. The number of H-pyrrole nitrogens is 1. The van der Waals surface area contributed by atoms with Crippen molar-refractivity contribution in [2.45, 2.75) is 18.0 Å². The maximum atomic E-state index is 12.8. The summed E-state index contributed by atoms with van der Waals surface area (Å²) in [6.07, 6.45) is -0.803. The molecule has 0 spiro atoms. The van der Waals surface area contributed by atoms with Crippen molar-refractivity contribution in [2.75, 3.05) is 18.0 Å². The van der Waals surface area contributed by atoms with E-state index in [9.17, 15) is 18.4 Å². The molecule has 1 saturated carbocycles. The Bertz CT molecular complexity index is 1060. The number of alkyl halides is 3. The van der Waals surface area contributed by atoms with Crippen molar-refractivity contribution in [1.29, 1.82) is 5.26 Å². The third-order valence-corrected chi connectivity index (χ3v) is 5.32. The fourth-order valence-electron chi connectivity index (χ4n) is 3.96. The van der Waals surface area contributed by atoms with Crippen LogP contribution in [0.5, 0.6) is 0 Å². The second-order valence-electron chi connectivity index (χ2n) is 6.75. The highest BCUT2D eigenvalue weighted by molar-refractivity contribution is 5.93. The minimum atomic E-state index is -4.55. The molecule has 7 nitrogen and oxygen atoms in total. The number of fused-ring (bicyclic) bond motifs is 2. The summed E-state index contributed by atoms with van der Waals surface area (Å²) >= 11 is 0. The first kappa shape index (κ1) is 15.2. The van der Waals surface area contributed by atoms with Gasteiger partial charge in [0.25, 0.3) is 0 Å². The average molecular weight is 360 g/mol. The first-order valence-electron chi connectivity index (χ1n) is 7.94. The number of nitrogens with zero attached hydrogens (tertiary/aromatic N) is 5. The van der Waals surface area contributed by atoms with Gasteiger partial charge in [-0.2, -0.15) is 18.4 Å². The van der Waals surface area contributed by atoms with Gasteiger partial charge in [0, 0.05) is 30.8 Å². The van der Waals surface area contributed by atoms with Crippen LogP contribution in [0.2, 0.25) is 0 Å². The van der Waals surface area contributed by atoms with Crippen molar-refractivity contribution in [3.05, 3.63) is 35.6 Å². The Morgan fingerprint density at radius 3 is 2.96 bits per heavy atom. The molecule has 10 heteroatoms. The normalized spacial score (nSPS) is 24.7. The molecule has 0 bridgehead atoms. The molecule has 0 aromatic carbocycles. The van der Waals surface area contributed by atoms with Gasteiger partial charge in [-0.1, -0.05) is 5.16 Å². The first-order valence-corrected chi connectivity index (χ1v) is 7.94. The number of hydrogen-bond donors (Lipinski definition) is 1. The van der Waals surface area contributed by atoms with Crippen LogP contribution in [0.1, 0.15) is 23.4 Å². The van der Waals surface area contributed by atoms with Crippen LogP contribution in [0.3, 0.4) is 0 Å². The third-order valence-electron chi connectivity index (χ3n) is 5.32. The highest BCUT2D eigenvalue weighted by Gasteiger charge is 2.63. The SMILES string of the molecule is N#Cc1c[nH]c2ncnc(N3CC4CC4(c4cc(C(F)(F)F)on4)C3)c12. The Morgan fingerprint density at radius 2 is 2.23 bits per heavy atom. The summed E-state index contributed by atoms with van der Waals surface area (Å²) in [5.41, 5.74) is 0.873. The molecule has 1 aliphatic heterocycles. The lowest BCUT2D eigenvalue weighted by Gasteiger charge is -2.21. The van der Waals surface area contributed by atoms with Gasteiger partial charge < -0.3 is 14.4 Å². The van der Waals surface area contributed by atoms with E-state index in [1.807, 2.05) is 4.90 Å². The predicted molar refractivity (Wildman–Crippen MR) is 82.1 cm³/mol. The van der Waals surface area contributed by atoms with Crippen molar-refractivity contribution >= 4 is 16.9 Å². The minimum Gasteiger partial charge on any atom is -0.355 e. The second-order valence-corrected chi connectivity index (χ2v) is 6.75. The van der Waals surface area contributed by atoms with E-state index < -0.39 is 17.4 Å². The number of anilines is 1. The van der Waals surface area contributed by atoms with E-state index in [-0.39, 0.29) is 5.92 Å². The lowest BCUT2D eigenvalue weighted by molar-refractivity contribution is -0.155. The van der Waals surface area contributed by atoms with Crippen LogP contribution >= 0.6 is 0 Å². The van der Waals surface area contributed by atoms with E-state index in [2.05, 4.69) is 30.7 Å². The van der Waals surface area contributed by atoms with Crippen LogP contribution in [0.25, 0.3) is 11.0 Å². The lowest BCUT2D eigenvalue weighted by atomic mass is 10.0. The summed E-state index contributed by atoms with van der Waals surface area (Å²) in [5.74, 6) is -0.283. The lowest BCUT2D eigenvalue weighted by Crippen LogP contribution is -2.27. The monoisotopic (exact) mass is 360 g/mol. The number of aromatic amines is 1. The molecule has 2 unspecified atom stereocenters. The predicted octanol–water partition coefficient (Wildman–Crippen LogP) is 2.61. The molecule has 2 fully saturated rings. The molecular weight excluding hydrogens is 349 g/mol. The zero-order valence-corrected chi connectivity index (χ0v) is 13.2. The molecule has 1 N–H and O–H groups in total. The van der Waals surface area contributed by atoms with Crippen molar-refractivity contribution in [1.82, 2.24) is 20.1 Å². The van der Waals surface area contributed by atoms with Crippen LogP contribution in [0, 0.1) is 17.2 Å². The van der Waals surface area contributed by atoms with E-state index in [4.69, 9.17) is 0 Å². The van der Waals surface area contributed by atoms with Gasteiger partial charge in [-0.15, -0.1) is 0 Å². The topological polar surface area (TPSA) is 94.6 Å². The molecule has 2 atom stereocenters. The Hall–Kier alpha value is -3.09. The summed E-state index contributed by atoms with van der Waals surface area (Å²) in [6.45, 7) is 1.11. The van der Waals surface area contributed by atoms with Gasteiger partial charge in [0.2, 0.25) is 5.76 Å². The first-order chi connectivity index (χ1) is 12.4. The van der Waals surface area contributed by atoms with E-state index in [0.29, 0.717) is 41.2 Å². The zero-order chi connectivity index (χ0) is 18.1. The van der Waals surface area contributed by atoms with Gasteiger partial charge in [0.05, 0.1) is 16.6 Å². The molecular formula is C16H11F3N6O. The fraction of sp³-hybridized carbons (Fsp3) is 0.375. The van der Waals surface area contributed by atoms with Crippen molar-refractivity contribution in [3.8, 4) is 6.07 Å². The smallest absolute Gasteiger partial charge is 0.355 e. The Kier molecular flexibility index (Phi) is 2.77. The third kappa shape index (κ3) is 1.97. The van der Waals surface area contributed by atoms with Crippen LogP contribution in [-0.4, -0.2) is 33.2 Å². The summed E-state index contributed by atoms with van der Waals surface area (Å²) in [6, 6.07) is 3.10. The van der Waals surface area contributed by atoms with E-state index in [0.717, 1.165) is 12.5 Å². The molecule has 4 heterocycles. The molecule has 1 saturated heterocycles. The summed E-state index contributed by atoms with van der Waals surface area (Å²) in [5, 5.41) is 13.6. The van der Waals surface area contributed by atoms with Crippen LogP contribution in [-0.2, 0) is 11.6 Å². The largest absolute Gasteiger partial charge is 0.452 e. The molecule has 0 amide bonds. The van der Waals surface area contributed by atoms with Crippen molar-refractivity contribution < 1.29 is 17.7 Å². The number of halogens is 3. The van der Waals surface area contributed by atoms with E-state index in [1.54, 1.807) is 6.20 Å². The number of nitrogens with one attached hydrogen (secondary N) is 1. The highest BCUT2D eigenvalue weighted by atomic mass is 19.4. The molecule has 3 aromatic heterocycles. The van der Waals surface area contributed by atoms with Crippen molar-refractivity contribution in [2.24, 2.45) is 5.92 Å². The fourth-order valence-corrected chi connectivity index (χ4v) is 3.96. The van der Waals surface area contributed by atoms with Gasteiger partial charge in [0.15, 0.2) is 0 Å². The minimum absolute atomic E-state index is 0.183. The van der Waals surface area contributed by atoms with Gasteiger partial charge in [-0.05, 0) is 12.3 Å². The van der Waals surface area contributed by atoms with Gasteiger partial charge in [-0.3, -0.25) is 0 Å². The summed E-state index contributed by atoms with van der Waals surface area (Å²) < 4.78 is 42.9. The van der Waals surface area contributed by atoms with E-state index in [1.165, 1.54) is 6.33 Å². The maximum Gasteiger partial charge on any atom is 0.452 e. The Morgan fingerprint density at radius 1 is 1.38 bits per heavy atom. The number of aromatic nitrogens is 4. The maximum absolute atomic E-state index is 12.8. The molecule has 5 rings (SSSR count). The van der Waals surface area contributed by atoms with Crippen LogP contribution < -0.4 is 4.90 Å². The van der Waals surface area contributed by atoms with Crippen LogP contribution in [0.4, 0.5) is 19.0 Å². The van der Waals surface area contributed by atoms with Crippen LogP contribution in [0.15, 0.2) is 23.1 Å². The summed E-state index contributed by atoms with van der Waals surface area (Å²) in [7, 11) is 0. The molecule has 1 aliphatic carbocycles. The molecule has 26 heavy (non-hydrogen) atoms. The number of nitriles is 1. The second kappa shape index (κ2) is 4.75. The summed E-state index contributed by atoms with van der Waals surface area (Å²) in [4.78, 5) is 13.3. The zero-order valence-electron chi connectivity index (χ0n) is 13.2. The quantitative estimate of drug-likeness (QED) is 0.755.